The number of carbonyl (C=O) groups is 1. The number of rotatable bonds is 6. The average Bonchev–Trinajstić information content (AvgIpc) is 2.88. The third-order valence-corrected chi connectivity index (χ3v) is 5.95. The van der Waals surface area contributed by atoms with Crippen LogP contribution in [-0.4, -0.2) is 84.8 Å². The first-order valence-electron chi connectivity index (χ1n) is 11.0. The predicted molar refractivity (Wildman–Crippen MR) is 124 cm³/mol. The highest BCUT2D eigenvalue weighted by atomic mass is 16.5. The Kier molecular flexibility index (Phi) is 6.09. The molecule has 2 N–H and O–H groups in total. The van der Waals surface area contributed by atoms with E-state index in [9.17, 15) is 4.79 Å². The lowest BCUT2D eigenvalue weighted by atomic mass is 10.1. The zero-order chi connectivity index (χ0) is 21.8. The summed E-state index contributed by atoms with van der Waals surface area (Å²) in [6.45, 7) is 6.27. The first-order chi connectivity index (χ1) is 15.8. The monoisotopic (exact) mass is 433 g/mol. The SMILES string of the molecule is O=CN1CCN(c2ccc(-c3cc4nccnc4c(NC[C@@H]4CNCCO4)n3)cc2)CC1. The number of hydrogen-bond acceptors (Lipinski definition) is 8. The predicted octanol–water partition coefficient (Wildman–Crippen LogP) is 1.37. The van der Waals surface area contributed by atoms with Crippen molar-refractivity contribution in [3.63, 3.8) is 0 Å². The summed E-state index contributed by atoms with van der Waals surface area (Å²) in [6.07, 6.45) is 4.41. The number of morpholine rings is 1. The number of nitrogens with one attached hydrogen (secondary N) is 2. The molecule has 0 aliphatic carbocycles. The van der Waals surface area contributed by atoms with Crippen LogP contribution in [0.5, 0.6) is 0 Å². The Bertz CT molecular complexity index is 1060. The minimum absolute atomic E-state index is 0.0971. The van der Waals surface area contributed by atoms with Crippen molar-refractivity contribution in [1.82, 2.24) is 25.2 Å². The number of carbonyl (C=O) groups excluding carboxylic acids is 1. The Balaban J connectivity index is 1.37. The van der Waals surface area contributed by atoms with Crippen molar-refractivity contribution in [2.24, 2.45) is 0 Å². The van der Waals surface area contributed by atoms with Crippen LogP contribution in [0, 0.1) is 0 Å². The number of fused-ring (bicyclic) bond motifs is 1. The fraction of sp³-hybridized carbons (Fsp3) is 0.391. The lowest BCUT2D eigenvalue weighted by molar-refractivity contribution is -0.118. The second-order valence-electron chi connectivity index (χ2n) is 8.03. The summed E-state index contributed by atoms with van der Waals surface area (Å²) in [6, 6.07) is 10.4. The molecule has 1 atom stereocenters. The van der Waals surface area contributed by atoms with E-state index in [1.807, 2.05) is 11.0 Å². The Morgan fingerprint density at radius 2 is 1.94 bits per heavy atom. The van der Waals surface area contributed by atoms with Gasteiger partial charge >= 0.3 is 0 Å². The molecule has 0 bridgehead atoms. The summed E-state index contributed by atoms with van der Waals surface area (Å²) < 4.78 is 5.80. The molecule has 3 aromatic rings. The number of aromatic nitrogens is 3. The third kappa shape index (κ3) is 4.49. The molecule has 2 fully saturated rings. The van der Waals surface area contributed by atoms with Gasteiger partial charge in [0.05, 0.1) is 23.9 Å². The van der Waals surface area contributed by atoms with Crippen molar-refractivity contribution in [3.05, 3.63) is 42.7 Å². The van der Waals surface area contributed by atoms with Crippen LogP contribution in [0.25, 0.3) is 22.3 Å². The maximum absolute atomic E-state index is 10.9. The maximum Gasteiger partial charge on any atom is 0.209 e. The zero-order valence-corrected chi connectivity index (χ0v) is 17.9. The van der Waals surface area contributed by atoms with Crippen LogP contribution in [0.4, 0.5) is 11.5 Å². The minimum Gasteiger partial charge on any atom is -0.374 e. The molecule has 9 nitrogen and oxygen atoms in total. The molecule has 32 heavy (non-hydrogen) atoms. The topological polar surface area (TPSA) is 95.5 Å². The van der Waals surface area contributed by atoms with Crippen molar-refractivity contribution in [3.8, 4) is 11.3 Å². The van der Waals surface area contributed by atoms with E-state index in [0.717, 1.165) is 80.3 Å². The van der Waals surface area contributed by atoms with Crippen LogP contribution in [0.1, 0.15) is 0 Å². The van der Waals surface area contributed by atoms with Crippen LogP contribution in [-0.2, 0) is 9.53 Å². The van der Waals surface area contributed by atoms with Gasteiger partial charge in [-0.1, -0.05) is 12.1 Å². The van der Waals surface area contributed by atoms with Crippen LogP contribution >= 0.6 is 0 Å². The average molecular weight is 434 g/mol. The highest BCUT2D eigenvalue weighted by Crippen LogP contribution is 2.27. The smallest absolute Gasteiger partial charge is 0.209 e. The molecule has 2 aliphatic heterocycles. The number of ether oxygens (including phenoxy) is 1. The molecule has 1 aromatic carbocycles. The fourth-order valence-corrected chi connectivity index (χ4v) is 4.13. The van der Waals surface area contributed by atoms with E-state index in [4.69, 9.17) is 9.72 Å². The summed E-state index contributed by atoms with van der Waals surface area (Å²) in [4.78, 5) is 28.9. The van der Waals surface area contributed by atoms with Crippen molar-refractivity contribution >= 4 is 28.9 Å². The summed E-state index contributed by atoms with van der Waals surface area (Å²) >= 11 is 0. The highest BCUT2D eigenvalue weighted by molar-refractivity contribution is 5.88. The van der Waals surface area contributed by atoms with E-state index >= 15 is 0 Å². The van der Waals surface area contributed by atoms with Gasteiger partial charge in [0.25, 0.3) is 0 Å². The normalized spacial score (nSPS) is 19.2. The largest absolute Gasteiger partial charge is 0.374 e. The molecule has 0 spiro atoms. The molecule has 0 unspecified atom stereocenters. The molecular formula is C23H27N7O2. The van der Waals surface area contributed by atoms with Gasteiger partial charge in [0.1, 0.15) is 5.52 Å². The molecule has 166 valence electrons. The van der Waals surface area contributed by atoms with Gasteiger partial charge in [0.2, 0.25) is 6.41 Å². The molecule has 4 heterocycles. The quantitative estimate of drug-likeness (QED) is 0.563. The Morgan fingerprint density at radius 1 is 1.12 bits per heavy atom. The second kappa shape index (κ2) is 9.46. The number of nitrogens with zero attached hydrogens (tertiary/aromatic N) is 5. The molecule has 2 aliphatic rings. The first kappa shape index (κ1) is 20.6. The highest BCUT2D eigenvalue weighted by Gasteiger charge is 2.17. The number of benzene rings is 1. The molecule has 5 rings (SSSR count). The van der Waals surface area contributed by atoms with Crippen molar-refractivity contribution in [1.29, 1.82) is 0 Å². The molecular weight excluding hydrogens is 406 g/mol. The van der Waals surface area contributed by atoms with Crippen LogP contribution < -0.4 is 15.5 Å². The van der Waals surface area contributed by atoms with Gasteiger partial charge in [0.15, 0.2) is 5.82 Å². The van der Waals surface area contributed by atoms with Crippen molar-refractivity contribution in [2.75, 3.05) is 62.6 Å². The number of piperazine rings is 1. The fourth-order valence-electron chi connectivity index (χ4n) is 4.13. The lowest BCUT2D eigenvalue weighted by Crippen LogP contribution is -2.45. The molecule has 0 radical (unpaired) electrons. The Labute approximate surface area is 186 Å². The summed E-state index contributed by atoms with van der Waals surface area (Å²) in [7, 11) is 0. The number of pyridine rings is 1. The zero-order valence-electron chi connectivity index (χ0n) is 17.9. The molecule has 0 saturated carbocycles. The molecule has 1 amide bonds. The Hall–Kier alpha value is -3.30. The molecule has 9 heteroatoms. The standard InChI is InChI=1S/C23H27N7O2/c31-16-29-8-10-30(11-9-29)18-3-1-17(2-4-18)20-13-21-22(26-6-5-25-21)23(28-20)27-15-19-14-24-7-12-32-19/h1-6,13,16,19,24H,7-12,14-15H2,(H,27,28)/t19-/m0/s1. The third-order valence-electron chi connectivity index (χ3n) is 5.95. The van der Waals surface area contributed by atoms with Gasteiger partial charge in [0, 0.05) is 69.5 Å². The van der Waals surface area contributed by atoms with Gasteiger partial charge in [-0.15, -0.1) is 0 Å². The van der Waals surface area contributed by atoms with E-state index in [0.29, 0.717) is 12.4 Å². The Morgan fingerprint density at radius 3 is 2.69 bits per heavy atom. The summed E-state index contributed by atoms with van der Waals surface area (Å²) in [5, 5.41) is 6.77. The van der Waals surface area contributed by atoms with Gasteiger partial charge in [-0.25, -0.2) is 9.97 Å². The van der Waals surface area contributed by atoms with Crippen LogP contribution in [0.15, 0.2) is 42.7 Å². The van der Waals surface area contributed by atoms with E-state index in [2.05, 4.69) is 49.8 Å². The van der Waals surface area contributed by atoms with E-state index in [1.165, 1.54) is 0 Å². The number of hydrogen-bond donors (Lipinski definition) is 2. The first-order valence-corrected chi connectivity index (χ1v) is 11.0. The van der Waals surface area contributed by atoms with Gasteiger partial charge < -0.3 is 25.2 Å². The second-order valence-corrected chi connectivity index (χ2v) is 8.03. The van der Waals surface area contributed by atoms with Gasteiger partial charge in [-0.05, 0) is 18.2 Å². The minimum atomic E-state index is 0.0971. The molecule has 2 saturated heterocycles. The number of anilines is 2. The van der Waals surface area contributed by atoms with Crippen LogP contribution in [0.3, 0.4) is 0 Å². The number of amides is 1. The lowest BCUT2D eigenvalue weighted by Gasteiger charge is -2.34. The molecule has 2 aromatic heterocycles. The van der Waals surface area contributed by atoms with Crippen molar-refractivity contribution in [2.45, 2.75) is 6.10 Å². The van der Waals surface area contributed by atoms with E-state index < -0.39 is 0 Å². The van der Waals surface area contributed by atoms with Gasteiger partial charge in [-0.3, -0.25) is 9.78 Å². The summed E-state index contributed by atoms with van der Waals surface area (Å²) in [5.74, 6) is 0.717. The summed E-state index contributed by atoms with van der Waals surface area (Å²) in [5.41, 5.74) is 4.58. The van der Waals surface area contributed by atoms with E-state index in [1.54, 1.807) is 12.4 Å². The van der Waals surface area contributed by atoms with Crippen molar-refractivity contribution < 1.29 is 9.53 Å². The van der Waals surface area contributed by atoms with E-state index in [-0.39, 0.29) is 6.10 Å². The van der Waals surface area contributed by atoms with Gasteiger partial charge in [-0.2, -0.15) is 0 Å². The van der Waals surface area contributed by atoms with Crippen LogP contribution in [0.2, 0.25) is 0 Å². The maximum atomic E-state index is 10.9.